The van der Waals surface area contributed by atoms with Crippen LogP contribution in [0.5, 0.6) is 5.75 Å². The van der Waals surface area contributed by atoms with Gasteiger partial charge >= 0.3 is 43.4 Å². The molecule has 0 fully saturated rings. The number of phenolic OH excluding ortho intramolecular Hbond substituents is 1. The fraction of sp³-hybridized carbons (Fsp3) is 0. The molecule has 56 valence electrons. The Hall–Kier alpha value is -0.320. The van der Waals surface area contributed by atoms with Crippen LogP contribution in [-0.2, 0) is 0 Å². The first-order chi connectivity index (χ1) is 4.72. The van der Waals surface area contributed by atoms with Crippen LogP contribution in [0.1, 0.15) is 2.85 Å². The molecule has 0 aliphatic carbocycles. The molecule has 0 saturated carbocycles. The molecule has 0 aliphatic rings. The summed E-state index contributed by atoms with van der Waals surface area (Å²) in [6.45, 7) is 0. The zero-order chi connectivity index (χ0) is 7.56. The number of benzene rings is 1. The smallest absolute Gasteiger partial charge is 1.00 e. The van der Waals surface area contributed by atoms with Crippen LogP contribution in [0.25, 0.3) is 0 Å². The van der Waals surface area contributed by atoms with Crippen molar-refractivity contribution in [1.82, 2.24) is 0 Å². The van der Waals surface area contributed by atoms with Gasteiger partial charge in [-0.05, 0) is 6.07 Å². The summed E-state index contributed by atoms with van der Waals surface area (Å²) in [5, 5.41) is 18.9. The molecule has 5 heteroatoms. The van der Waals surface area contributed by atoms with E-state index in [-0.39, 0.29) is 52.0 Å². The molecular weight excluding hydrogens is 174 g/mol. The molecule has 1 aromatic carbocycles. The van der Waals surface area contributed by atoms with E-state index in [2.05, 4.69) is 0 Å². The molecule has 11 heavy (non-hydrogen) atoms. The maximum Gasteiger partial charge on any atom is 2.00 e. The van der Waals surface area contributed by atoms with E-state index in [0.717, 1.165) is 0 Å². The number of para-hydroxylation sites is 2. The van der Waals surface area contributed by atoms with Gasteiger partial charge in [0.1, 0.15) is 0 Å². The van der Waals surface area contributed by atoms with Crippen molar-refractivity contribution < 1.29 is 12.9 Å². The van der Waals surface area contributed by atoms with Gasteiger partial charge in [0.15, 0.2) is 5.75 Å². The van der Waals surface area contributed by atoms with E-state index in [1.54, 1.807) is 0 Å². The van der Waals surface area contributed by atoms with Crippen molar-refractivity contribution in [2.45, 2.75) is 0 Å². The Morgan fingerprint density at radius 1 is 1.45 bits per heavy atom. The topological polar surface area (TPSA) is 63.4 Å². The minimum atomic E-state index is -0.630. The van der Waals surface area contributed by atoms with Gasteiger partial charge in [0, 0.05) is 6.07 Å². The van der Waals surface area contributed by atoms with Gasteiger partial charge in [-0.1, -0.05) is 12.1 Å². The van der Waals surface area contributed by atoms with Gasteiger partial charge in [0.05, 0.1) is 4.92 Å². The molecule has 1 aromatic rings. The molecule has 0 aromatic heterocycles. The van der Waals surface area contributed by atoms with Crippen molar-refractivity contribution in [2.24, 2.45) is 0 Å². The Kier molecular flexibility index (Phi) is 4.40. The van der Waals surface area contributed by atoms with Crippen LogP contribution in [0.15, 0.2) is 24.3 Å². The Labute approximate surface area is 96.0 Å². The van der Waals surface area contributed by atoms with Crippen molar-refractivity contribution in [2.75, 3.05) is 0 Å². The molecule has 1 rings (SSSR count). The molecule has 0 radical (unpaired) electrons. The van der Waals surface area contributed by atoms with E-state index in [9.17, 15) is 10.1 Å². The summed E-state index contributed by atoms with van der Waals surface area (Å²) in [6.07, 6.45) is 0. The minimum Gasteiger partial charge on any atom is -1.00 e. The molecule has 0 bridgehead atoms. The first-order valence-electron chi connectivity index (χ1n) is 2.64. The van der Waals surface area contributed by atoms with E-state index in [0.29, 0.717) is 0 Å². The van der Waals surface area contributed by atoms with E-state index in [1.807, 2.05) is 0 Å². The second-order valence-corrected chi connectivity index (χ2v) is 1.75. The number of hydrogen-bond acceptors (Lipinski definition) is 3. The maximum atomic E-state index is 10.1. The zero-order valence-corrected chi connectivity index (χ0v) is 7.94. The van der Waals surface area contributed by atoms with Crippen LogP contribution < -0.4 is 0 Å². The van der Waals surface area contributed by atoms with E-state index in [4.69, 9.17) is 5.11 Å². The minimum absolute atomic E-state index is 0. The van der Waals surface area contributed by atoms with Crippen molar-refractivity contribution >= 4 is 43.4 Å². The molecular formula is C6H7CaNO3. The van der Waals surface area contributed by atoms with Crippen LogP contribution >= 0.6 is 0 Å². The Morgan fingerprint density at radius 2 is 2.00 bits per heavy atom. The molecule has 0 spiro atoms. The first kappa shape index (κ1) is 10.7. The van der Waals surface area contributed by atoms with Crippen molar-refractivity contribution in [3.05, 3.63) is 34.4 Å². The van der Waals surface area contributed by atoms with Crippen molar-refractivity contribution in [1.29, 1.82) is 0 Å². The predicted octanol–water partition coefficient (Wildman–Crippen LogP) is 1.14. The summed E-state index contributed by atoms with van der Waals surface area (Å²) < 4.78 is 0. The number of aromatic hydroxyl groups is 1. The van der Waals surface area contributed by atoms with Gasteiger partial charge in [0.25, 0.3) is 0 Å². The number of hydrogen-bond donors (Lipinski definition) is 1. The SMILES string of the molecule is O=[N+]([O-])c1ccccc1O.[Ca+2].[H-].[H-]. The summed E-state index contributed by atoms with van der Waals surface area (Å²) in [5.74, 6) is -0.299. The number of nitrogens with zero attached hydrogens (tertiary/aromatic N) is 1. The Morgan fingerprint density at radius 3 is 2.36 bits per heavy atom. The summed E-state index contributed by atoms with van der Waals surface area (Å²) in [7, 11) is 0. The second-order valence-electron chi connectivity index (χ2n) is 1.75. The monoisotopic (exact) mass is 181 g/mol. The molecule has 0 saturated heterocycles. The Balaban J connectivity index is -0.000000333. The molecule has 0 atom stereocenters. The molecule has 4 nitrogen and oxygen atoms in total. The average molecular weight is 181 g/mol. The summed E-state index contributed by atoms with van der Waals surface area (Å²) in [6, 6.07) is 5.55. The summed E-state index contributed by atoms with van der Waals surface area (Å²) in [5.41, 5.74) is -0.262. The number of nitro groups is 1. The molecule has 1 N–H and O–H groups in total. The molecule has 0 aliphatic heterocycles. The van der Waals surface area contributed by atoms with E-state index < -0.39 is 4.92 Å². The zero-order valence-electron chi connectivity index (χ0n) is 7.73. The summed E-state index contributed by atoms with van der Waals surface area (Å²) in [4.78, 5) is 9.44. The molecule has 0 heterocycles. The van der Waals surface area contributed by atoms with Gasteiger partial charge in [0.2, 0.25) is 0 Å². The quantitative estimate of drug-likeness (QED) is 0.401. The van der Waals surface area contributed by atoms with E-state index >= 15 is 0 Å². The third kappa shape index (κ3) is 2.65. The molecule has 0 unspecified atom stereocenters. The number of rotatable bonds is 1. The third-order valence-corrected chi connectivity index (χ3v) is 1.08. The van der Waals surface area contributed by atoms with Gasteiger partial charge in [-0.3, -0.25) is 10.1 Å². The largest absolute Gasteiger partial charge is 2.00 e. The van der Waals surface area contributed by atoms with Crippen LogP contribution in [0.2, 0.25) is 0 Å². The number of phenols is 1. The van der Waals surface area contributed by atoms with E-state index in [1.165, 1.54) is 24.3 Å². The van der Waals surface area contributed by atoms with Gasteiger partial charge in [-0.2, -0.15) is 0 Å². The van der Waals surface area contributed by atoms with Gasteiger partial charge in [-0.15, -0.1) is 0 Å². The first-order valence-corrected chi connectivity index (χ1v) is 2.64. The van der Waals surface area contributed by atoms with Crippen LogP contribution in [0.4, 0.5) is 5.69 Å². The summed E-state index contributed by atoms with van der Waals surface area (Å²) >= 11 is 0. The third-order valence-electron chi connectivity index (χ3n) is 1.08. The Bertz CT molecular complexity index is 272. The second kappa shape index (κ2) is 4.54. The van der Waals surface area contributed by atoms with Crippen LogP contribution in [0.3, 0.4) is 0 Å². The normalized spacial score (nSPS) is 8.36. The fourth-order valence-corrected chi connectivity index (χ4v) is 0.619. The van der Waals surface area contributed by atoms with Crippen molar-refractivity contribution in [3.63, 3.8) is 0 Å². The van der Waals surface area contributed by atoms with Gasteiger partial charge < -0.3 is 7.96 Å². The maximum absolute atomic E-state index is 10.1. The number of nitro benzene ring substituents is 1. The standard InChI is InChI=1S/C6H5NO3.Ca.2H/c8-6-4-2-1-3-5(6)7(9)10;;;/h1-4,8H;;;/q;+2;2*-1. The average Bonchev–Trinajstić information content (AvgIpc) is 1.88. The van der Waals surface area contributed by atoms with Crippen molar-refractivity contribution in [3.8, 4) is 5.75 Å². The fourth-order valence-electron chi connectivity index (χ4n) is 0.619. The predicted molar refractivity (Wildman–Crippen MR) is 42.7 cm³/mol. The van der Waals surface area contributed by atoms with Crippen LogP contribution in [0, 0.1) is 10.1 Å². The van der Waals surface area contributed by atoms with Gasteiger partial charge in [-0.25, -0.2) is 0 Å². The van der Waals surface area contributed by atoms with Crippen LogP contribution in [-0.4, -0.2) is 47.8 Å². The molecule has 0 amide bonds.